The molecular weight excluding hydrogens is 290 g/mol. The van der Waals surface area contributed by atoms with E-state index in [9.17, 15) is 9.59 Å². The van der Waals surface area contributed by atoms with Gasteiger partial charge >= 0.3 is 6.03 Å². The molecule has 0 unspecified atom stereocenters. The molecule has 2 fully saturated rings. The molecule has 2 aliphatic carbocycles. The van der Waals surface area contributed by atoms with E-state index in [1.807, 2.05) is 18.2 Å². The minimum absolute atomic E-state index is 0.0467. The molecule has 1 aromatic rings. The number of amides is 3. The van der Waals surface area contributed by atoms with E-state index in [0.717, 1.165) is 19.3 Å². The molecule has 0 aromatic heterocycles. The maximum atomic E-state index is 11.9. The van der Waals surface area contributed by atoms with Crippen LogP contribution in [-0.4, -0.2) is 30.6 Å². The molecule has 0 radical (unpaired) electrons. The molecule has 3 N–H and O–H groups in total. The van der Waals surface area contributed by atoms with E-state index in [0.29, 0.717) is 5.92 Å². The Morgan fingerprint density at radius 3 is 2.48 bits per heavy atom. The molecule has 124 valence electrons. The quantitative estimate of drug-likeness (QED) is 0.780. The summed E-state index contributed by atoms with van der Waals surface area (Å²) in [5.74, 6) is 0.306. The van der Waals surface area contributed by atoms with E-state index in [1.165, 1.54) is 24.8 Å². The van der Waals surface area contributed by atoms with Crippen molar-refractivity contribution in [1.82, 2.24) is 16.0 Å². The van der Waals surface area contributed by atoms with Gasteiger partial charge in [-0.05, 0) is 24.8 Å². The van der Waals surface area contributed by atoms with Crippen molar-refractivity contribution < 1.29 is 9.59 Å². The fourth-order valence-electron chi connectivity index (χ4n) is 3.33. The van der Waals surface area contributed by atoms with Gasteiger partial charge in [0.1, 0.15) is 0 Å². The highest BCUT2D eigenvalue weighted by Gasteiger charge is 2.39. The summed E-state index contributed by atoms with van der Waals surface area (Å²) in [5, 5.41) is 8.58. The van der Waals surface area contributed by atoms with E-state index in [4.69, 9.17) is 0 Å². The van der Waals surface area contributed by atoms with E-state index in [1.54, 1.807) is 0 Å². The van der Waals surface area contributed by atoms with Crippen molar-refractivity contribution in [2.75, 3.05) is 6.54 Å². The molecule has 23 heavy (non-hydrogen) atoms. The third-order valence-corrected chi connectivity index (χ3v) is 4.71. The summed E-state index contributed by atoms with van der Waals surface area (Å²) < 4.78 is 0. The van der Waals surface area contributed by atoms with Gasteiger partial charge < -0.3 is 16.0 Å². The second-order valence-corrected chi connectivity index (χ2v) is 6.59. The standard InChI is InChI=1S/C18H25N3O2/c22-17(20-14-9-5-2-6-10-14)12-19-18(23)21-16-11-15(16)13-7-3-1-4-8-13/h1,3-4,7-8,14-16H,2,5-6,9-12H2,(H,20,22)(H2,19,21,23)/t15-,16-/m1/s1. The summed E-state index contributed by atoms with van der Waals surface area (Å²) in [6.07, 6.45) is 6.70. The Kier molecular flexibility index (Phi) is 5.16. The van der Waals surface area contributed by atoms with Crippen molar-refractivity contribution in [1.29, 1.82) is 0 Å². The van der Waals surface area contributed by atoms with Crippen LogP contribution in [0.4, 0.5) is 4.79 Å². The van der Waals surface area contributed by atoms with E-state index < -0.39 is 0 Å². The molecule has 0 bridgehead atoms. The van der Waals surface area contributed by atoms with Crippen molar-refractivity contribution in [3.8, 4) is 0 Å². The zero-order chi connectivity index (χ0) is 16.1. The van der Waals surface area contributed by atoms with Crippen LogP contribution in [0.1, 0.15) is 50.0 Å². The Balaban J connectivity index is 1.33. The number of carbonyl (C=O) groups is 2. The molecule has 2 atom stereocenters. The predicted octanol–water partition coefficient (Wildman–Crippen LogP) is 2.29. The Morgan fingerprint density at radius 1 is 1.00 bits per heavy atom. The van der Waals surface area contributed by atoms with Crippen LogP contribution in [0, 0.1) is 0 Å². The lowest BCUT2D eigenvalue weighted by Gasteiger charge is -2.22. The molecule has 0 spiro atoms. The first-order valence-electron chi connectivity index (χ1n) is 8.61. The van der Waals surface area contributed by atoms with E-state index in [2.05, 4.69) is 28.1 Å². The van der Waals surface area contributed by atoms with Gasteiger partial charge in [-0.1, -0.05) is 49.6 Å². The lowest BCUT2D eigenvalue weighted by Crippen LogP contribution is -2.45. The molecule has 0 saturated heterocycles. The Bertz CT molecular complexity index is 540. The Morgan fingerprint density at radius 2 is 1.74 bits per heavy atom. The molecule has 5 heteroatoms. The van der Waals surface area contributed by atoms with Gasteiger partial charge in [-0.15, -0.1) is 0 Å². The topological polar surface area (TPSA) is 70.2 Å². The fraction of sp³-hybridized carbons (Fsp3) is 0.556. The number of carbonyl (C=O) groups excluding carboxylic acids is 2. The molecule has 2 saturated carbocycles. The molecule has 2 aliphatic rings. The third kappa shape index (κ3) is 4.71. The summed E-state index contributed by atoms with van der Waals surface area (Å²) in [6.45, 7) is 0.0467. The van der Waals surface area contributed by atoms with Gasteiger partial charge in [-0.2, -0.15) is 0 Å². The van der Waals surface area contributed by atoms with Crippen LogP contribution in [0.15, 0.2) is 30.3 Å². The minimum Gasteiger partial charge on any atom is -0.352 e. The predicted molar refractivity (Wildman–Crippen MR) is 89.1 cm³/mol. The maximum Gasteiger partial charge on any atom is 0.315 e. The van der Waals surface area contributed by atoms with E-state index >= 15 is 0 Å². The number of hydrogen-bond acceptors (Lipinski definition) is 2. The van der Waals surface area contributed by atoms with Gasteiger partial charge in [0.2, 0.25) is 5.91 Å². The highest BCUT2D eigenvalue weighted by Crippen LogP contribution is 2.40. The van der Waals surface area contributed by atoms with Crippen molar-refractivity contribution >= 4 is 11.9 Å². The smallest absolute Gasteiger partial charge is 0.315 e. The fourth-order valence-corrected chi connectivity index (χ4v) is 3.33. The van der Waals surface area contributed by atoms with E-state index in [-0.39, 0.29) is 30.6 Å². The molecule has 3 rings (SSSR count). The van der Waals surface area contributed by atoms with Gasteiger partial charge in [-0.3, -0.25) is 4.79 Å². The third-order valence-electron chi connectivity index (χ3n) is 4.71. The van der Waals surface area contributed by atoms with Crippen molar-refractivity contribution in [3.63, 3.8) is 0 Å². The van der Waals surface area contributed by atoms with Crippen LogP contribution in [0.5, 0.6) is 0 Å². The van der Waals surface area contributed by atoms with Crippen molar-refractivity contribution in [2.24, 2.45) is 0 Å². The summed E-state index contributed by atoms with van der Waals surface area (Å²) in [4.78, 5) is 23.7. The van der Waals surface area contributed by atoms with Crippen LogP contribution in [0.25, 0.3) is 0 Å². The van der Waals surface area contributed by atoms with Crippen molar-refractivity contribution in [2.45, 2.75) is 56.5 Å². The van der Waals surface area contributed by atoms with Crippen LogP contribution >= 0.6 is 0 Å². The Labute approximate surface area is 137 Å². The van der Waals surface area contributed by atoms with Gasteiger partial charge in [-0.25, -0.2) is 4.79 Å². The van der Waals surface area contributed by atoms with Gasteiger partial charge in [0.25, 0.3) is 0 Å². The SMILES string of the molecule is O=C(CNC(=O)N[C@@H]1C[C@@H]1c1ccccc1)NC1CCCCC1. The van der Waals surface area contributed by atoms with Gasteiger partial charge in [0, 0.05) is 18.0 Å². The monoisotopic (exact) mass is 315 g/mol. The van der Waals surface area contributed by atoms with Crippen LogP contribution in [0.3, 0.4) is 0 Å². The summed E-state index contributed by atoms with van der Waals surface area (Å²) in [6, 6.07) is 10.4. The second kappa shape index (κ2) is 7.49. The lowest BCUT2D eigenvalue weighted by atomic mass is 9.95. The zero-order valence-corrected chi connectivity index (χ0v) is 13.4. The number of nitrogens with one attached hydrogen (secondary N) is 3. The average molecular weight is 315 g/mol. The summed E-state index contributed by atoms with van der Waals surface area (Å²) in [7, 11) is 0. The molecule has 5 nitrogen and oxygen atoms in total. The van der Waals surface area contributed by atoms with Gasteiger partial charge in [0.05, 0.1) is 6.54 Å². The van der Waals surface area contributed by atoms with Crippen LogP contribution in [-0.2, 0) is 4.79 Å². The minimum atomic E-state index is -0.257. The summed E-state index contributed by atoms with van der Waals surface area (Å²) in [5.41, 5.74) is 1.26. The molecule has 1 aromatic carbocycles. The molecule has 0 aliphatic heterocycles. The number of rotatable bonds is 5. The van der Waals surface area contributed by atoms with Crippen LogP contribution in [0.2, 0.25) is 0 Å². The first kappa shape index (κ1) is 15.8. The van der Waals surface area contributed by atoms with Crippen molar-refractivity contribution in [3.05, 3.63) is 35.9 Å². The van der Waals surface area contributed by atoms with Crippen LogP contribution < -0.4 is 16.0 Å². The second-order valence-electron chi connectivity index (χ2n) is 6.59. The lowest BCUT2D eigenvalue weighted by molar-refractivity contribution is -0.121. The Hall–Kier alpha value is -2.04. The van der Waals surface area contributed by atoms with Gasteiger partial charge in [0.15, 0.2) is 0 Å². The zero-order valence-electron chi connectivity index (χ0n) is 13.4. The number of hydrogen-bond donors (Lipinski definition) is 3. The average Bonchev–Trinajstić information content (AvgIpc) is 3.34. The normalized spacial score (nSPS) is 23.8. The first-order chi connectivity index (χ1) is 11.2. The number of benzene rings is 1. The molecule has 0 heterocycles. The largest absolute Gasteiger partial charge is 0.352 e. The summed E-state index contributed by atoms with van der Waals surface area (Å²) >= 11 is 0. The first-order valence-corrected chi connectivity index (χ1v) is 8.61. The maximum absolute atomic E-state index is 11.9. The highest BCUT2D eigenvalue weighted by atomic mass is 16.2. The molecule has 3 amide bonds. The number of urea groups is 1. The highest BCUT2D eigenvalue weighted by molar-refractivity contribution is 5.84. The molecular formula is C18H25N3O2.